The van der Waals surface area contributed by atoms with Crippen molar-refractivity contribution in [3.8, 4) is 0 Å². The van der Waals surface area contributed by atoms with Crippen LogP contribution in [-0.4, -0.2) is 48.8 Å². The van der Waals surface area contributed by atoms with Gasteiger partial charge in [-0.2, -0.15) is 0 Å². The molecular formula is C26H28N2O6S. The lowest BCUT2D eigenvalue weighted by Crippen LogP contribution is -2.54. The highest BCUT2D eigenvalue weighted by molar-refractivity contribution is 7.93. The molecule has 0 radical (unpaired) electrons. The van der Waals surface area contributed by atoms with Crippen molar-refractivity contribution in [3.63, 3.8) is 0 Å². The number of allylic oxidation sites excluding steroid dienone is 1. The van der Waals surface area contributed by atoms with E-state index in [1.165, 1.54) is 12.1 Å². The maximum atomic E-state index is 13.9. The molecule has 3 N–H and O–H groups in total. The Labute approximate surface area is 203 Å². The Kier molecular flexibility index (Phi) is 6.71. The van der Waals surface area contributed by atoms with Gasteiger partial charge in [0.15, 0.2) is 14.6 Å². The zero-order chi connectivity index (χ0) is 25.2. The molecule has 184 valence electrons. The Balaban J connectivity index is 1.65. The van der Waals surface area contributed by atoms with Gasteiger partial charge in [0, 0.05) is 36.5 Å². The monoisotopic (exact) mass is 496 g/mol. The van der Waals surface area contributed by atoms with E-state index < -0.39 is 32.9 Å². The lowest BCUT2D eigenvalue weighted by molar-refractivity contribution is -0.136. The number of para-hydroxylation sites is 1. The topological polar surface area (TPSA) is 126 Å². The third-order valence-electron chi connectivity index (χ3n) is 6.62. The van der Waals surface area contributed by atoms with Crippen molar-refractivity contribution in [1.29, 1.82) is 0 Å². The number of H-pyrrole nitrogens is 1. The fourth-order valence-electron chi connectivity index (χ4n) is 4.56. The van der Waals surface area contributed by atoms with E-state index in [9.17, 15) is 23.1 Å². The molecule has 0 bridgehead atoms. The van der Waals surface area contributed by atoms with Crippen molar-refractivity contribution in [1.82, 2.24) is 10.3 Å². The minimum Gasteiger partial charge on any atom is -0.512 e. The van der Waals surface area contributed by atoms with Crippen LogP contribution in [0.5, 0.6) is 0 Å². The Morgan fingerprint density at radius 2 is 1.86 bits per heavy atom. The molecule has 0 aliphatic heterocycles. The SMILES string of the molecule is COC(=O)C1=C(O)CCC(C(=O)NCCc2c[nH]c3ccccc23)(S(=O)(=O)c2ccc(C)cc2)C1. The van der Waals surface area contributed by atoms with E-state index >= 15 is 0 Å². The number of aromatic nitrogens is 1. The molecule has 0 saturated carbocycles. The molecule has 1 aromatic heterocycles. The van der Waals surface area contributed by atoms with Gasteiger partial charge >= 0.3 is 5.97 Å². The van der Waals surface area contributed by atoms with Crippen molar-refractivity contribution in [2.24, 2.45) is 0 Å². The van der Waals surface area contributed by atoms with Gasteiger partial charge in [-0.1, -0.05) is 35.9 Å². The second kappa shape index (κ2) is 9.58. The first kappa shape index (κ1) is 24.5. The lowest BCUT2D eigenvalue weighted by Gasteiger charge is -2.35. The molecule has 4 rings (SSSR count). The van der Waals surface area contributed by atoms with E-state index in [1.807, 2.05) is 37.4 Å². The number of aryl methyl sites for hydroxylation is 1. The summed E-state index contributed by atoms with van der Waals surface area (Å²) < 4.78 is 30.5. The van der Waals surface area contributed by atoms with Crippen molar-refractivity contribution in [2.75, 3.05) is 13.7 Å². The number of carbonyl (C=O) groups is 2. The maximum Gasteiger partial charge on any atom is 0.337 e. The summed E-state index contributed by atoms with van der Waals surface area (Å²) in [6.45, 7) is 2.04. The highest BCUT2D eigenvalue weighted by atomic mass is 32.2. The quantitative estimate of drug-likeness (QED) is 0.430. The molecule has 1 aliphatic carbocycles. The Hall–Kier alpha value is -3.59. The van der Waals surface area contributed by atoms with Gasteiger partial charge in [0.25, 0.3) is 0 Å². The van der Waals surface area contributed by atoms with Crippen molar-refractivity contribution < 1.29 is 27.9 Å². The number of aliphatic hydroxyl groups excluding tert-OH is 1. The van der Waals surface area contributed by atoms with Crippen LogP contribution in [0, 0.1) is 6.92 Å². The number of aromatic amines is 1. The maximum absolute atomic E-state index is 13.9. The molecule has 1 aliphatic rings. The molecule has 1 amide bonds. The van der Waals surface area contributed by atoms with Crippen molar-refractivity contribution >= 4 is 32.6 Å². The number of carbonyl (C=O) groups excluding carboxylic acids is 2. The van der Waals surface area contributed by atoms with E-state index in [-0.39, 0.29) is 35.6 Å². The lowest BCUT2D eigenvalue weighted by atomic mass is 9.85. The van der Waals surface area contributed by atoms with Crippen LogP contribution in [-0.2, 0) is 30.6 Å². The molecule has 0 fully saturated rings. The largest absolute Gasteiger partial charge is 0.512 e. The summed E-state index contributed by atoms with van der Waals surface area (Å²) >= 11 is 0. The number of esters is 1. The summed E-state index contributed by atoms with van der Waals surface area (Å²) in [4.78, 5) is 29.1. The van der Waals surface area contributed by atoms with Crippen molar-refractivity contribution in [2.45, 2.75) is 42.2 Å². The summed E-state index contributed by atoms with van der Waals surface area (Å²) in [6.07, 6.45) is 1.59. The Bertz CT molecular complexity index is 1410. The predicted octanol–water partition coefficient (Wildman–Crippen LogP) is 3.52. The van der Waals surface area contributed by atoms with Crippen LogP contribution < -0.4 is 5.32 Å². The minimum atomic E-state index is -4.23. The number of rotatable bonds is 7. The average Bonchev–Trinajstić information content (AvgIpc) is 3.27. The number of hydrogen-bond donors (Lipinski definition) is 3. The van der Waals surface area contributed by atoms with E-state index in [4.69, 9.17) is 4.74 Å². The third-order valence-corrected chi connectivity index (χ3v) is 9.08. The first-order valence-electron chi connectivity index (χ1n) is 11.3. The molecule has 8 nitrogen and oxygen atoms in total. The predicted molar refractivity (Wildman–Crippen MR) is 132 cm³/mol. The fraction of sp³-hybridized carbons (Fsp3) is 0.308. The van der Waals surface area contributed by atoms with Gasteiger partial charge in [-0.3, -0.25) is 4.79 Å². The van der Waals surface area contributed by atoms with Gasteiger partial charge in [-0.15, -0.1) is 0 Å². The number of fused-ring (bicyclic) bond motifs is 1. The fourth-order valence-corrected chi connectivity index (χ4v) is 6.53. The highest BCUT2D eigenvalue weighted by Crippen LogP contribution is 2.41. The molecule has 1 unspecified atom stereocenters. The van der Waals surface area contributed by atoms with Crippen LogP contribution >= 0.6 is 0 Å². The van der Waals surface area contributed by atoms with E-state index in [0.29, 0.717) is 6.42 Å². The van der Waals surface area contributed by atoms with Crippen LogP contribution in [0.2, 0.25) is 0 Å². The van der Waals surface area contributed by atoms with Gasteiger partial charge in [-0.25, -0.2) is 13.2 Å². The summed E-state index contributed by atoms with van der Waals surface area (Å²) in [5, 5.41) is 14.1. The first-order chi connectivity index (χ1) is 16.7. The number of nitrogens with one attached hydrogen (secondary N) is 2. The third kappa shape index (κ3) is 4.43. The molecule has 35 heavy (non-hydrogen) atoms. The van der Waals surface area contributed by atoms with Gasteiger partial charge in [0.2, 0.25) is 5.91 Å². The number of amides is 1. The number of methoxy groups -OCH3 is 1. The Morgan fingerprint density at radius 3 is 2.57 bits per heavy atom. The van der Waals surface area contributed by atoms with Gasteiger partial charge in [0.05, 0.1) is 17.6 Å². The molecule has 1 heterocycles. The zero-order valence-electron chi connectivity index (χ0n) is 19.6. The molecule has 0 saturated heterocycles. The molecule has 3 aromatic rings. The van der Waals surface area contributed by atoms with Crippen LogP contribution in [0.4, 0.5) is 0 Å². The van der Waals surface area contributed by atoms with Crippen LogP contribution in [0.3, 0.4) is 0 Å². The van der Waals surface area contributed by atoms with Gasteiger partial charge < -0.3 is 20.1 Å². The van der Waals surface area contributed by atoms with Crippen LogP contribution in [0.25, 0.3) is 10.9 Å². The number of hydrogen-bond acceptors (Lipinski definition) is 6. The highest BCUT2D eigenvalue weighted by Gasteiger charge is 2.54. The normalized spacial score (nSPS) is 18.5. The number of benzene rings is 2. The summed E-state index contributed by atoms with van der Waals surface area (Å²) in [5.41, 5.74) is 2.65. The first-order valence-corrected chi connectivity index (χ1v) is 12.8. The van der Waals surface area contributed by atoms with E-state index in [2.05, 4.69) is 10.3 Å². The van der Waals surface area contributed by atoms with Crippen LogP contribution in [0.1, 0.15) is 30.4 Å². The smallest absolute Gasteiger partial charge is 0.337 e. The Morgan fingerprint density at radius 1 is 1.14 bits per heavy atom. The minimum absolute atomic E-state index is 0.0134. The number of aliphatic hydroxyl groups is 1. The average molecular weight is 497 g/mol. The van der Waals surface area contributed by atoms with Crippen molar-refractivity contribution in [3.05, 3.63) is 77.2 Å². The van der Waals surface area contributed by atoms with Crippen LogP contribution in [0.15, 0.2) is 71.0 Å². The molecule has 1 atom stereocenters. The van der Waals surface area contributed by atoms with Gasteiger partial charge in [0.1, 0.15) is 5.76 Å². The number of ether oxygens (including phenoxy) is 1. The standard InChI is InChI=1S/C26H28N2O6S/c1-17-7-9-19(10-8-17)35(32,33)26(13-11-23(29)21(15-26)24(30)34-2)25(31)27-14-12-18-16-28-22-6-4-3-5-20(18)22/h3-10,16,28-29H,11-15H2,1-2H3,(H,27,31). The number of sulfone groups is 1. The summed E-state index contributed by atoms with van der Waals surface area (Å²) in [7, 11) is -3.08. The zero-order valence-corrected chi connectivity index (χ0v) is 20.4. The van der Waals surface area contributed by atoms with E-state index in [0.717, 1.165) is 29.1 Å². The molecular weight excluding hydrogens is 468 g/mol. The molecule has 2 aromatic carbocycles. The second-order valence-electron chi connectivity index (χ2n) is 8.77. The summed E-state index contributed by atoms with van der Waals surface area (Å²) in [6, 6.07) is 14.0. The summed E-state index contributed by atoms with van der Waals surface area (Å²) in [5.74, 6) is -1.80. The second-order valence-corrected chi connectivity index (χ2v) is 11.0. The molecule has 9 heteroatoms. The van der Waals surface area contributed by atoms with Gasteiger partial charge in [-0.05, 0) is 43.5 Å². The van der Waals surface area contributed by atoms with E-state index in [1.54, 1.807) is 12.1 Å². The molecule has 0 spiro atoms.